The van der Waals surface area contributed by atoms with Gasteiger partial charge in [-0.15, -0.1) is 0 Å². The van der Waals surface area contributed by atoms with Crippen LogP contribution in [0.2, 0.25) is 0 Å². The summed E-state index contributed by atoms with van der Waals surface area (Å²) >= 11 is 0. The second-order valence-corrected chi connectivity index (χ2v) is 8.19. The summed E-state index contributed by atoms with van der Waals surface area (Å²) in [7, 11) is 0. The van der Waals surface area contributed by atoms with Gasteiger partial charge >= 0.3 is 0 Å². The first kappa shape index (κ1) is 20.8. The highest BCUT2D eigenvalue weighted by atomic mass is 16.1. The van der Waals surface area contributed by atoms with Gasteiger partial charge in [-0.25, -0.2) is 4.52 Å². The van der Waals surface area contributed by atoms with E-state index in [0.29, 0.717) is 12.1 Å². The summed E-state index contributed by atoms with van der Waals surface area (Å²) in [5.41, 5.74) is 6.78. The van der Waals surface area contributed by atoms with Crippen molar-refractivity contribution in [3.05, 3.63) is 114 Å². The third-order valence-corrected chi connectivity index (χ3v) is 5.89. The Balaban J connectivity index is 1.40. The minimum atomic E-state index is -0.446. The van der Waals surface area contributed by atoms with Crippen molar-refractivity contribution in [1.82, 2.24) is 25.1 Å². The van der Waals surface area contributed by atoms with Gasteiger partial charge in [-0.1, -0.05) is 66.2 Å². The molecule has 6 heteroatoms. The lowest BCUT2D eigenvalue weighted by molar-refractivity contribution is 0.0945. The molecule has 0 aliphatic heterocycles. The van der Waals surface area contributed by atoms with Crippen molar-refractivity contribution in [2.45, 2.75) is 19.4 Å². The van der Waals surface area contributed by atoms with Gasteiger partial charge < -0.3 is 5.32 Å². The number of Topliss-reactive ketones (excluding diaryl/α,β-unsaturated/α-hetero) is 1. The molecule has 0 aliphatic rings. The Morgan fingerprint density at radius 3 is 2.58 bits per heavy atom. The molecule has 2 N–H and O–H groups in total. The van der Waals surface area contributed by atoms with E-state index in [2.05, 4.69) is 51.8 Å². The molecule has 5 aromatic rings. The zero-order valence-corrected chi connectivity index (χ0v) is 18.4. The number of nitrogens with zero attached hydrogens (tertiary/aromatic N) is 3. The van der Waals surface area contributed by atoms with Crippen molar-refractivity contribution in [2.24, 2.45) is 0 Å². The highest BCUT2D eigenvalue weighted by molar-refractivity contribution is 6.06. The number of carbonyl (C=O) groups excluding carboxylic acids is 1. The molecule has 1 atom stereocenters. The van der Waals surface area contributed by atoms with Gasteiger partial charge in [-0.3, -0.25) is 9.89 Å². The molecule has 33 heavy (non-hydrogen) atoms. The Bertz CT molecular complexity index is 1360. The highest BCUT2D eigenvalue weighted by Gasteiger charge is 2.24. The van der Waals surface area contributed by atoms with Crippen molar-refractivity contribution in [2.75, 3.05) is 6.54 Å². The number of pyridine rings is 1. The second-order valence-electron chi connectivity index (χ2n) is 8.19. The molecule has 0 unspecified atom stereocenters. The number of aryl methyl sites for hydroxylation is 1. The van der Waals surface area contributed by atoms with Crippen LogP contribution in [0, 0.1) is 6.92 Å². The molecule has 0 bridgehead atoms. The highest BCUT2D eigenvalue weighted by Crippen LogP contribution is 2.24. The number of aromatic nitrogens is 4. The lowest BCUT2D eigenvalue weighted by atomic mass is 9.97. The van der Waals surface area contributed by atoms with E-state index in [4.69, 9.17) is 0 Å². The number of nitrogens with one attached hydrogen (secondary N) is 2. The minimum absolute atomic E-state index is 0.0103. The number of benzene rings is 2. The predicted molar refractivity (Wildman–Crippen MR) is 129 cm³/mol. The maximum atomic E-state index is 13.7. The average molecular weight is 436 g/mol. The van der Waals surface area contributed by atoms with Crippen LogP contribution in [0.25, 0.3) is 16.6 Å². The topological polar surface area (TPSA) is 75.1 Å². The largest absolute Gasteiger partial charge is 0.303 e. The number of fused-ring (bicyclic) bond motifs is 1. The second kappa shape index (κ2) is 9.22. The Kier molecular flexibility index (Phi) is 5.83. The molecule has 0 saturated carbocycles. The number of H-pyrrole nitrogens is 1. The fourth-order valence-electron chi connectivity index (χ4n) is 4.03. The summed E-state index contributed by atoms with van der Waals surface area (Å²) < 4.78 is 1.75. The summed E-state index contributed by atoms with van der Waals surface area (Å²) in [5.74, 6) is 0.0103. The summed E-state index contributed by atoms with van der Waals surface area (Å²) in [6, 6.07) is 21.9. The number of aromatic amines is 1. The summed E-state index contributed by atoms with van der Waals surface area (Å²) in [6.07, 6.45) is 8.02. The first-order valence-electron chi connectivity index (χ1n) is 11.0. The molecule has 0 saturated heterocycles. The zero-order chi connectivity index (χ0) is 22.6. The van der Waals surface area contributed by atoms with Crippen LogP contribution in [-0.4, -0.2) is 32.1 Å². The van der Waals surface area contributed by atoms with Gasteiger partial charge in [0.25, 0.3) is 0 Å². The van der Waals surface area contributed by atoms with E-state index >= 15 is 0 Å². The van der Waals surface area contributed by atoms with Crippen LogP contribution in [0.15, 0.2) is 91.5 Å². The Labute approximate surface area is 192 Å². The zero-order valence-electron chi connectivity index (χ0n) is 18.4. The standard InChI is InChI=1S/C27H25N5O/c1-19-7-9-20(10-8-19)13-14-28-26(21-5-3-2-4-6-21)27(33)24-17-31-32-18-22(11-12-25(24)32)23-15-29-30-16-23/h2-12,15-18,26,28H,13-14H2,1H3,(H,29,30)/t26-/m0/s1. The number of ketones is 1. The molecule has 0 amide bonds. The van der Waals surface area contributed by atoms with E-state index < -0.39 is 6.04 Å². The molecule has 6 nitrogen and oxygen atoms in total. The molecule has 5 rings (SSSR count). The lowest BCUT2D eigenvalue weighted by Gasteiger charge is -2.18. The first-order valence-corrected chi connectivity index (χ1v) is 11.0. The fourth-order valence-corrected chi connectivity index (χ4v) is 4.03. The van der Waals surface area contributed by atoms with Gasteiger partial charge in [0.05, 0.1) is 29.5 Å². The maximum Gasteiger partial charge on any atom is 0.188 e. The molecule has 0 spiro atoms. The monoisotopic (exact) mass is 435 g/mol. The van der Waals surface area contributed by atoms with Crippen LogP contribution < -0.4 is 5.32 Å². The average Bonchev–Trinajstić information content (AvgIpc) is 3.53. The van der Waals surface area contributed by atoms with Crippen molar-refractivity contribution < 1.29 is 4.79 Å². The van der Waals surface area contributed by atoms with E-state index in [-0.39, 0.29) is 5.78 Å². The lowest BCUT2D eigenvalue weighted by Crippen LogP contribution is -2.30. The van der Waals surface area contributed by atoms with Gasteiger partial charge in [-0.05, 0) is 30.5 Å². The first-order chi connectivity index (χ1) is 16.2. The molecule has 0 fully saturated rings. The normalized spacial score (nSPS) is 12.2. The quantitative estimate of drug-likeness (QED) is 0.344. The molecule has 2 aromatic carbocycles. The van der Waals surface area contributed by atoms with Crippen molar-refractivity contribution in [3.8, 4) is 11.1 Å². The molecule has 3 heterocycles. The summed E-state index contributed by atoms with van der Waals surface area (Å²) in [6.45, 7) is 2.78. The maximum absolute atomic E-state index is 13.7. The van der Waals surface area contributed by atoms with Crippen molar-refractivity contribution in [1.29, 1.82) is 0 Å². The van der Waals surface area contributed by atoms with Crippen LogP contribution in [0.5, 0.6) is 0 Å². The molecular weight excluding hydrogens is 410 g/mol. The van der Waals surface area contributed by atoms with Gasteiger partial charge in [0.1, 0.15) is 0 Å². The molecule has 164 valence electrons. The summed E-state index contributed by atoms with van der Waals surface area (Å²) in [4.78, 5) is 13.7. The molecule has 0 aliphatic carbocycles. The fraction of sp³-hybridized carbons (Fsp3) is 0.148. The van der Waals surface area contributed by atoms with Gasteiger partial charge in [0.2, 0.25) is 0 Å². The molecule has 3 aromatic heterocycles. The third kappa shape index (κ3) is 4.47. The van der Waals surface area contributed by atoms with Crippen LogP contribution in [0.3, 0.4) is 0 Å². The van der Waals surface area contributed by atoms with Crippen LogP contribution in [-0.2, 0) is 6.42 Å². The van der Waals surface area contributed by atoms with Gasteiger partial charge in [0.15, 0.2) is 5.78 Å². The van der Waals surface area contributed by atoms with E-state index in [1.54, 1.807) is 16.9 Å². The number of rotatable bonds is 8. The van der Waals surface area contributed by atoms with Gasteiger partial charge in [0, 0.05) is 30.1 Å². The van der Waals surface area contributed by atoms with E-state index in [9.17, 15) is 4.79 Å². The van der Waals surface area contributed by atoms with E-state index in [1.165, 1.54) is 11.1 Å². The number of hydrogen-bond acceptors (Lipinski definition) is 4. The van der Waals surface area contributed by atoms with E-state index in [0.717, 1.165) is 28.6 Å². The summed E-state index contributed by atoms with van der Waals surface area (Å²) in [5, 5.41) is 14.8. The Morgan fingerprint density at radius 2 is 1.82 bits per heavy atom. The molecule has 0 radical (unpaired) electrons. The van der Waals surface area contributed by atoms with Crippen molar-refractivity contribution in [3.63, 3.8) is 0 Å². The van der Waals surface area contributed by atoms with Gasteiger partial charge in [-0.2, -0.15) is 10.2 Å². The van der Waals surface area contributed by atoms with Crippen LogP contribution in [0.1, 0.15) is 33.1 Å². The number of hydrogen-bond donors (Lipinski definition) is 2. The minimum Gasteiger partial charge on any atom is -0.303 e. The smallest absolute Gasteiger partial charge is 0.188 e. The van der Waals surface area contributed by atoms with Crippen molar-refractivity contribution >= 4 is 11.3 Å². The Morgan fingerprint density at radius 1 is 1.00 bits per heavy atom. The predicted octanol–water partition coefficient (Wildman–Crippen LogP) is 4.79. The third-order valence-electron chi connectivity index (χ3n) is 5.89. The SMILES string of the molecule is Cc1ccc(CCN[C@H](C(=O)c2cnn3cc(-c4cn[nH]c4)ccc23)c2ccccc2)cc1. The Hall–Kier alpha value is -4.03. The van der Waals surface area contributed by atoms with E-state index in [1.807, 2.05) is 54.9 Å². The van der Waals surface area contributed by atoms with Crippen LogP contribution in [0.4, 0.5) is 0 Å². The van der Waals surface area contributed by atoms with Crippen LogP contribution >= 0.6 is 0 Å². The molecular formula is C27H25N5O. The number of carbonyl (C=O) groups is 1.